The van der Waals surface area contributed by atoms with Gasteiger partial charge in [-0.3, -0.25) is 4.79 Å². The minimum Gasteiger partial charge on any atom is -0.323 e. The van der Waals surface area contributed by atoms with Crippen molar-refractivity contribution in [3.8, 4) is 0 Å². The molecule has 0 spiro atoms. The monoisotopic (exact) mass is 480 g/mol. The molecule has 1 aliphatic rings. The van der Waals surface area contributed by atoms with Gasteiger partial charge < -0.3 is 5.32 Å². The van der Waals surface area contributed by atoms with Crippen molar-refractivity contribution in [3.05, 3.63) is 77.6 Å². The van der Waals surface area contributed by atoms with E-state index >= 15 is 0 Å². The average molecular weight is 481 g/mol. The first-order valence-corrected chi connectivity index (χ1v) is 12.8. The Morgan fingerprint density at radius 2 is 1.64 bits per heavy atom. The molecule has 7 nitrogen and oxygen atoms in total. The molecule has 1 saturated carbocycles. The maximum Gasteiger partial charge on any atom is 0.248 e. The normalized spacial score (nSPS) is 13.9. The van der Waals surface area contributed by atoms with E-state index in [-0.39, 0.29) is 16.8 Å². The van der Waals surface area contributed by atoms with Gasteiger partial charge in [0.05, 0.1) is 4.90 Å². The first-order valence-electron chi connectivity index (χ1n) is 10.5. The molecule has 0 bridgehead atoms. The molecule has 170 valence electrons. The quantitative estimate of drug-likeness (QED) is 0.367. The number of rotatable bonds is 8. The highest BCUT2D eigenvalue weighted by Crippen LogP contribution is 2.26. The standard InChI is InChI=1S/C24H24N4O3S2/c1-16-15-17(2)26-24(25-16)32-21-10-8-19(9-11-21)27-23(29)14-5-18-3-12-22(13-4-18)33(30,31)28-20-6-7-20/h3-5,8-15,20,28H,6-7H2,1-2H3,(H,27,29). The SMILES string of the molecule is Cc1cc(C)nc(Sc2ccc(NC(=O)C=Cc3ccc(S(=O)(=O)NC4CC4)cc3)cc2)n1. The lowest BCUT2D eigenvalue weighted by Crippen LogP contribution is -2.25. The predicted octanol–water partition coefficient (Wildman–Crippen LogP) is 4.34. The highest BCUT2D eigenvalue weighted by molar-refractivity contribution is 7.99. The van der Waals surface area contributed by atoms with Crippen molar-refractivity contribution in [3.63, 3.8) is 0 Å². The molecule has 2 aromatic carbocycles. The molecular weight excluding hydrogens is 456 g/mol. The van der Waals surface area contributed by atoms with Crippen molar-refractivity contribution < 1.29 is 13.2 Å². The van der Waals surface area contributed by atoms with Crippen LogP contribution >= 0.6 is 11.8 Å². The van der Waals surface area contributed by atoms with E-state index in [2.05, 4.69) is 20.0 Å². The molecule has 1 fully saturated rings. The largest absolute Gasteiger partial charge is 0.323 e. The summed E-state index contributed by atoms with van der Waals surface area (Å²) in [7, 11) is -3.48. The van der Waals surface area contributed by atoms with Crippen LogP contribution < -0.4 is 10.0 Å². The highest BCUT2D eigenvalue weighted by atomic mass is 32.2. The summed E-state index contributed by atoms with van der Waals surface area (Å²) in [5.74, 6) is -0.278. The van der Waals surface area contributed by atoms with Crippen LogP contribution in [0.3, 0.4) is 0 Å². The second-order valence-electron chi connectivity index (χ2n) is 7.85. The Hall–Kier alpha value is -3.01. The van der Waals surface area contributed by atoms with Crippen molar-refractivity contribution in [1.82, 2.24) is 14.7 Å². The molecule has 4 rings (SSSR count). The van der Waals surface area contributed by atoms with Crippen molar-refractivity contribution in [1.29, 1.82) is 0 Å². The van der Waals surface area contributed by atoms with E-state index in [4.69, 9.17) is 0 Å². The first kappa shape index (κ1) is 23.2. The molecule has 1 amide bonds. The van der Waals surface area contributed by atoms with Crippen LogP contribution in [0.25, 0.3) is 6.08 Å². The smallest absolute Gasteiger partial charge is 0.248 e. The third-order valence-corrected chi connectivity index (χ3v) is 7.22. The third-order valence-electron chi connectivity index (χ3n) is 4.81. The molecule has 1 aromatic heterocycles. The van der Waals surface area contributed by atoms with Gasteiger partial charge in [0, 0.05) is 34.1 Å². The molecule has 33 heavy (non-hydrogen) atoms. The number of carbonyl (C=O) groups is 1. The Morgan fingerprint density at radius 1 is 1.00 bits per heavy atom. The second-order valence-corrected chi connectivity index (χ2v) is 10.6. The summed E-state index contributed by atoms with van der Waals surface area (Å²) in [5.41, 5.74) is 3.25. The van der Waals surface area contributed by atoms with E-state index in [0.717, 1.165) is 34.7 Å². The maximum atomic E-state index is 12.3. The number of amides is 1. The number of aromatic nitrogens is 2. The van der Waals surface area contributed by atoms with Crippen LogP contribution in [0.15, 0.2) is 75.6 Å². The van der Waals surface area contributed by atoms with Gasteiger partial charge in [0.1, 0.15) is 0 Å². The molecule has 2 N–H and O–H groups in total. The molecule has 0 radical (unpaired) electrons. The number of benzene rings is 2. The molecule has 0 saturated heterocycles. The van der Waals surface area contributed by atoms with Gasteiger partial charge in [-0.25, -0.2) is 23.1 Å². The molecule has 1 aliphatic carbocycles. The van der Waals surface area contributed by atoms with Crippen LogP contribution in [0.2, 0.25) is 0 Å². The number of carbonyl (C=O) groups excluding carboxylic acids is 1. The summed E-state index contributed by atoms with van der Waals surface area (Å²) in [5, 5.41) is 3.50. The lowest BCUT2D eigenvalue weighted by Gasteiger charge is -2.06. The Bertz CT molecular complexity index is 1260. The Kier molecular flexibility index (Phi) is 6.92. The number of aryl methyl sites for hydroxylation is 2. The van der Waals surface area contributed by atoms with Gasteiger partial charge in [-0.05, 0) is 92.6 Å². The summed E-state index contributed by atoms with van der Waals surface area (Å²) < 4.78 is 27.1. The summed E-state index contributed by atoms with van der Waals surface area (Å²) in [6.45, 7) is 3.88. The van der Waals surface area contributed by atoms with E-state index in [9.17, 15) is 13.2 Å². The van der Waals surface area contributed by atoms with E-state index < -0.39 is 10.0 Å². The number of nitrogens with one attached hydrogen (secondary N) is 2. The fraction of sp³-hybridized carbons (Fsp3) is 0.208. The zero-order chi connectivity index (χ0) is 23.4. The van der Waals surface area contributed by atoms with Gasteiger partial charge in [-0.1, -0.05) is 12.1 Å². The Balaban J connectivity index is 1.32. The maximum absolute atomic E-state index is 12.3. The van der Waals surface area contributed by atoms with E-state index in [1.54, 1.807) is 18.2 Å². The third kappa shape index (κ3) is 6.74. The molecule has 1 heterocycles. The molecule has 0 unspecified atom stereocenters. The van der Waals surface area contributed by atoms with Crippen LogP contribution in [0.1, 0.15) is 29.8 Å². The molecular formula is C24H24N4O3S2. The second kappa shape index (κ2) is 9.86. The number of anilines is 1. The summed E-state index contributed by atoms with van der Waals surface area (Å²) in [4.78, 5) is 22.3. The van der Waals surface area contributed by atoms with Gasteiger partial charge in [-0.2, -0.15) is 0 Å². The number of sulfonamides is 1. The molecule has 9 heteroatoms. The first-order chi connectivity index (χ1) is 15.8. The summed E-state index contributed by atoms with van der Waals surface area (Å²) in [6, 6.07) is 15.9. The molecule has 0 aliphatic heterocycles. The lowest BCUT2D eigenvalue weighted by molar-refractivity contribution is -0.111. The molecule has 0 atom stereocenters. The van der Waals surface area contributed by atoms with Crippen molar-refractivity contribution in [2.24, 2.45) is 0 Å². The van der Waals surface area contributed by atoms with E-state index in [0.29, 0.717) is 10.8 Å². The van der Waals surface area contributed by atoms with Gasteiger partial charge >= 0.3 is 0 Å². The van der Waals surface area contributed by atoms with E-state index in [1.807, 2.05) is 44.2 Å². The zero-order valence-electron chi connectivity index (χ0n) is 18.3. The number of hydrogen-bond donors (Lipinski definition) is 2. The fourth-order valence-corrected chi connectivity index (χ4v) is 5.22. The minimum atomic E-state index is -3.48. The number of hydrogen-bond acceptors (Lipinski definition) is 6. The zero-order valence-corrected chi connectivity index (χ0v) is 19.9. The predicted molar refractivity (Wildman–Crippen MR) is 130 cm³/mol. The fourth-order valence-electron chi connectivity index (χ4n) is 3.05. The van der Waals surface area contributed by atoms with E-state index in [1.165, 1.54) is 30.0 Å². The van der Waals surface area contributed by atoms with Gasteiger partial charge in [0.15, 0.2) is 5.16 Å². The Morgan fingerprint density at radius 3 is 2.24 bits per heavy atom. The number of nitrogens with zero attached hydrogens (tertiary/aromatic N) is 2. The van der Waals surface area contributed by atoms with Gasteiger partial charge in [0.2, 0.25) is 15.9 Å². The highest BCUT2D eigenvalue weighted by Gasteiger charge is 2.27. The van der Waals surface area contributed by atoms with Crippen molar-refractivity contribution in [2.75, 3.05) is 5.32 Å². The van der Waals surface area contributed by atoms with Crippen LogP contribution in [0, 0.1) is 13.8 Å². The van der Waals surface area contributed by atoms with Gasteiger partial charge in [-0.15, -0.1) is 0 Å². The van der Waals surface area contributed by atoms with Crippen LogP contribution in [0.5, 0.6) is 0 Å². The van der Waals surface area contributed by atoms with Crippen LogP contribution in [-0.4, -0.2) is 30.3 Å². The average Bonchev–Trinajstić information content (AvgIpc) is 3.57. The Labute approximate surface area is 197 Å². The summed E-state index contributed by atoms with van der Waals surface area (Å²) in [6.07, 6.45) is 4.83. The van der Waals surface area contributed by atoms with Crippen LogP contribution in [0.4, 0.5) is 5.69 Å². The topological polar surface area (TPSA) is 101 Å². The summed E-state index contributed by atoms with van der Waals surface area (Å²) >= 11 is 1.46. The van der Waals surface area contributed by atoms with Gasteiger partial charge in [0.25, 0.3) is 0 Å². The minimum absolute atomic E-state index is 0.0611. The van der Waals surface area contributed by atoms with Crippen molar-refractivity contribution >= 4 is 39.5 Å². The lowest BCUT2D eigenvalue weighted by atomic mass is 10.2. The van der Waals surface area contributed by atoms with Crippen molar-refractivity contribution in [2.45, 2.75) is 47.7 Å². The molecule has 3 aromatic rings. The van der Waals surface area contributed by atoms with Crippen LogP contribution in [-0.2, 0) is 14.8 Å².